The summed E-state index contributed by atoms with van der Waals surface area (Å²) in [5.74, 6) is 3.26. The van der Waals surface area contributed by atoms with Gasteiger partial charge in [0.2, 0.25) is 0 Å². The Balaban J connectivity index is 2.12. The van der Waals surface area contributed by atoms with Crippen LogP contribution in [0.4, 0.5) is 5.82 Å². The molecular formula is C10H14ClN3S. The standard InChI is InChI=1S/C10H14ClN3S/c1-14(8-2-6-15-7-3-8)10-9(11)12-4-5-13-10/h4-5,8H,2-3,6-7H2,1H3. The molecule has 3 nitrogen and oxygen atoms in total. The fourth-order valence-electron chi connectivity index (χ4n) is 1.80. The molecule has 0 amide bonds. The van der Waals surface area contributed by atoms with Gasteiger partial charge in [0.05, 0.1) is 0 Å². The first-order chi connectivity index (χ1) is 7.29. The lowest BCUT2D eigenvalue weighted by molar-refractivity contribution is 0.583. The van der Waals surface area contributed by atoms with E-state index in [0.717, 1.165) is 5.82 Å². The number of hydrogen-bond donors (Lipinski definition) is 0. The SMILES string of the molecule is CN(c1nccnc1Cl)C1CCSCC1. The van der Waals surface area contributed by atoms with Gasteiger partial charge in [0, 0.05) is 25.5 Å². The Morgan fingerprint density at radius 3 is 2.67 bits per heavy atom. The van der Waals surface area contributed by atoms with Crippen molar-refractivity contribution in [3.05, 3.63) is 17.5 Å². The second kappa shape index (κ2) is 5.03. The van der Waals surface area contributed by atoms with Crippen molar-refractivity contribution in [1.82, 2.24) is 9.97 Å². The van der Waals surface area contributed by atoms with E-state index in [0.29, 0.717) is 11.2 Å². The molecule has 1 fully saturated rings. The minimum absolute atomic E-state index is 0.498. The van der Waals surface area contributed by atoms with Gasteiger partial charge in [-0.25, -0.2) is 9.97 Å². The Labute approximate surface area is 99.2 Å². The van der Waals surface area contributed by atoms with Crippen LogP contribution in [-0.4, -0.2) is 34.6 Å². The van der Waals surface area contributed by atoms with Crippen molar-refractivity contribution >= 4 is 29.2 Å². The van der Waals surface area contributed by atoms with Gasteiger partial charge in [0.25, 0.3) is 0 Å². The lowest BCUT2D eigenvalue weighted by atomic mass is 10.1. The minimum Gasteiger partial charge on any atom is -0.354 e. The molecule has 0 bridgehead atoms. The second-order valence-electron chi connectivity index (χ2n) is 3.63. The zero-order valence-corrected chi connectivity index (χ0v) is 10.3. The topological polar surface area (TPSA) is 29.0 Å². The van der Waals surface area contributed by atoms with Gasteiger partial charge < -0.3 is 4.90 Å². The first-order valence-electron chi connectivity index (χ1n) is 5.06. The largest absolute Gasteiger partial charge is 0.354 e. The molecule has 1 aromatic heterocycles. The number of nitrogens with zero attached hydrogens (tertiary/aromatic N) is 3. The van der Waals surface area contributed by atoms with E-state index >= 15 is 0 Å². The number of rotatable bonds is 2. The van der Waals surface area contributed by atoms with Gasteiger partial charge in [0.15, 0.2) is 11.0 Å². The zero-order valence-electron chi connectivity index (χ0n) is 8.69. The maximum Gasteiger partial charge on any atom is 0.171 e. The highest BCUT2D eigenvalue weighted by Crippen LogP contribution is 2.27. The van der Waals surface area contributed by atoms with Gasteiger partial charge in [-0.3, -0.25) is 0 Å². The van der Waals surface area contributed by atoms with Gasteiger partial charge in [-0.15, -0.1) is 0 Å². The molecule has 0 radical (unpaired) electrons. The lowest BCUT2D eigenvalue weighted by Gasteiger charge is -2.31. The molecule has 5 heteroatoms. The third kappa shape index (κ3) is 2.55. The smallest absolute Gasteiger partial charge is 0.171 e. The molecule has 0 N–H and O–H groups in total. The van der Waals surface area contributed by atoms with Crippen molar-refractivity contribution in [2.45, 2.75) is 18.9 Å². The average Bonchev–Trinajstić information content (AvgIpc) is 2.30. The van der Waals surface area contributed by atoms with Crippen molar-refractivity contribution < 1.29 is 0 Å². The van der Waals surface area contributed by atoms with Crippen molar-refractivity contribution in [1.29, 1.82) is 0 Å². The summed E-state index contributed by atoms with van der Waals surface area (Å²) in [6, 6.07) is 0.556. The molecule has 0 aromatic carbocycles. The Kier molecular flexibility index (Phi) is 3.70. The van der Waals surface area contributed by atoms with Crippen LogP contribution in [0.1, 0.15) is 12.8 Å². The molecule has 0 aliphatic carbocycles. The molecule has 2 heterocycles. The van der Waals surface area contributed by atoms with Crippen molar-refractivity contribution in [3.63, 3.8) is 0 Å². The quantitative estimate of drug-likeness (QED) is 0.798. The highest BCUT2D eigenvalue weighted by Gasteiger charge is 2.21. The van der Waals surface area contributed by atoms with Crippen LogP contribution in [0.2, 0.25) is 5.15 Å². The van der Waals surface area contributed by atoms with Gasteiger partial charge in [0.1, 0.15) is 0 Å². The highest BCUT2D eigenvalue weighted by atomic mass is 35.5. The van der Waals surface area contributed by atoms with Crippen LogP contribution >= 0.6 is 23.4 Å². The van der Waals surface area contributed by atoms with Gasteiger partial charge in [-0.2, -0.15) is 11.8 Å². The molecule has 0 unspecified atom stereocenters. The molecule has 0 spiro atoms. The summed E-state index contributed by atoms with van der Waals surface area (Å²) in [6.07, 6.45) is 5.72. The molecule has 1 aromatic rings. The molecule has 1 saturated heterocycles. The van der Waals surface area contributed by atoms with E-state index in [1.54, 1.807) is 12.4 Å². The summed E-state index contributed by atoms with van der Waals surface area (Å²) in [4.78, 5) is 10.5. The average molecular weight is 244 g/mol. The molecular weight excluding hydrogens is 230 g/mol. The summed E-state index contributed by atoms with van der Waals surface area (Å²) in [6.45, 7) is 0. The van der Waals surface area contributed by atoms with E-state index in [1.807, 2.05) is 11.8 Å². The van der Waals surface area contributed by atoms with Gasteiger partial charge >= 0.3 is 0 Å². The number of halogens is 1. The van der Waals surface area contributed by atoms with Crippen LogP contribution in [0.25, 0.3) is 0 Å². The minimum atomic E-state index is 0.498. The normalized spacial score (nSPS) is 17.7. The lowest BCUT2D eigenvalue weighted by Crippen LogP contribution is -2.35. The maximum absolute atomic E-state index is 6.02. The van der Waals surface area contributed by atoms with Crippen molar-refractivity contribution in [2.75, 3.05) is 23.5 Å². The Morgan fingerprint density at radius 1 is 1.33 bits per heavy atom. The summed E-state index contributed by atoms with van der Waals surface area (Å²) in [5, 5.41) is 0.498. The highest BCUT2D eigenvalue weighted by molar-refractivity contribution is 7.99. The molecule has 1 aliphatic rings. The van der Waals surface area contributed by atoms with E-state index < -0.39 is 0 Å². The first-order valence-corrected chi connectivity index (χ1v) is 6.59. The van der Waals surface area contributed by atoms with Crippen LogP contribution in [0.5, 0.6) is 0 Å². The van der Waals surface area contributed by atoms with E-state index in [2.05, 4.69) is 21.9 Å². The zero-order chi connectivity index (χ0) is 10.7. The fourth-order valence-corrected chi connectivity index (χ4v) is 3.12. The number of hydrogen-bond acceptors (Lipinski definition) is 4. The van der Waals surface area contributed by atoms with Crippen LogP contribution in [0.3, 0.4) is 0 Å². The van der Waals surface area contributed by atoms with Crippen LogP contribution in [-0.2, 0) is 0 Å². The van der Waals surface area contributed by atoms with E-state index in [1.165, 1.54) is 24.3 Å². The van der Waals surface area contributed by atoms with E-state index in [-0.39, 0.29) is 0 Å². The third-order valence-corrected chi connectivity index (χ3v) is 4.02. The molecule has 15 heavy (non-hydrogen) atoms. The Bertz CT molecular complexity index is 328. The second-order valence-corrected chi connectivity index (χ2v) is 5.21. The van der Waals surface area contributed by atoms with Gasteiger partial charge in [-0.1, -0.05) is 11.6 Å². The van der Waals surface area contributed by atoms with Crippen LogP contribution in [0.15, 0.2) is 12.4 Å². The summed E-state index contributed by atoms with van der Waals surface area (Å²) in [7, 11) is 2.05. The fraction of sp³-hybridized carbons (Fsp3) is 0.600. The molecule has 0 atom stereocenters. The third-order valence-electron chi connectivity index (χ3n) is 2.71. The van der Waals surface area contributed by atoms with Crippen LogP contribution < -0.4 is 4.90 Å². The molecule has 82 valence electrons. The van der Waals surface area contributed by atoms with Crippen LogP contribution in [0, 0.1) is 0 Å². The first kappa shape index (κ1) is 11.0. The number of thioether (sulfide) groups is 1. The Hall–Kier alpha value is -0.480. The number of anilines is 1. The molecule has 1 aliphatic heterocycles. The van der Waals surface area contributed by atoms with E-state index in [9.17, 15) is 0 Å². The van der Waals surface area contributed by atoms with E-state index in [4.69, 9.17) is 11.6 Å². The summed E-state index contributed by atoms with van der Waals surface area (Å²) in [5.41, 5.74) is 0. The predicted molar refractivity (Wildman–Crippen MR) is 65.8 cm³/mol. The number of aromatic nitrogens is 2. The van der Waals surface area contributed by atoms with Gasteiger partial charge in [-0.05, 0) is 24.3 Å². The maximum atomic E-state index is 6.02. The summed E-state index contributed by atoms with van der Waals surface area (Å²) < 4.78 is 0. The van der Waals surface area contributed by atoms with Crippen molar-refractivity contribution in [3.8, 4) is 0 Å². The molecule has 0 saturated carbocycles. The van der Waals surface area contributed by atoms with Crippen molar-refractivity contribution in [2.24, 2.45) is 0 Å². The monoisotopic (exact) mass is 243 g/mol. The molecule has 2 rings (SSSR count). The summed E-state index contributed by atoms with van der Waals surface area (Å²) >= 11 is 8.04. The Morgan fingerprint density at radius 2 is 2.00 bits per heavy atom. The predicted octanol–water partition coefficient (Wildman–Crippen LogP) is 2.46.